The monoisotopic (exact) mass is 465 g/mol. The zero-order valence-corrected chi connectivity index (χ0v) is 20.1. The number of methoxy groups -OCH3 is 2. The van der Waals surface area contributed by atoms with E-state index in [4.69, 9.17) is 21.1 Å². The zero-order valence-electron chi connectivity index (χ0n) is 19.4. The predicted octanol–water partition coefficient (Wildman–Crippen LogP) is 4.82. The van der Waals surface area contributed by atoms with Crippen molar-refractivity contribution in [2.45, 2.75) is 33.4 Å². The summed E-state index contributed by atoms with van der Waals surface area (Å²) in [6.07, 6.45) is 4.29. The average Bonchev–Trinajstić information content (AvgIpc) is 3.09. The van der Waals surface area contributed by atoms with Gasteiger partial charge in [0.1, 0.15) is 0 Å². The van der Waals surface area contributed by atoms with Crippen LogP contribution in [0.5, 0.6) is 11.5 Å². The quantitative estimate of drug-likeness (QED) is 0.490. The van der Waals surface area contributed by atoms with Gasteiger partial charge in [-0.25, -0.2) is 0 Å². The van der Waals surface area contributed by atoms with Crippen LogP contribution >= 0.6 is 11.6 Å². The van der Waals surface area contributed by atoms with Crippen LogP contribution in [0.4, 0.5) is 0 Å². The standard InChI is InChI=1S/C26H28ClN3O3/c1-17-22(18(2)30(28-17)16-20-7-5-6-8-23(20)27)9-10-26(31)29-12-11-19-13-24(32-3)25(33-4)14-21(19)15-29/h5-10,13-14H,11-12,15-16H2,1-4H3/b10-9+. The molecule has 7 heteroatoms. The topological polar surface area (TPSA) is 56.6 Å². The molecule has 1 aliphatic heterocycles. The minimum Gasteiger partial charge on any atom is -0.493 e. The van der Waals surface area contributed by atoms with Crippen LogP contribution in [-0.4, -0.2) is 41.4 Å². The van der Waals surface area contributed by atoms with E-state index >= 15 is 0 Å². The highest BCUT2D eigenvalue weighted by Gasteiger charge is 2.22. The number of halogens is 1. The van der Waals surface area contributed by atoms with Gasteiger partial charge in [0, 0.05) is 35.4 Å². The van der Waals surface area contributed by atoms with Crippen molar-refractivity contribution in [2.24, 2.45) is 0 Å². The van der Waals surface area contributed by atoms with Crippen molar-refractivity contribution < 1.29 is 14.3 Å². The highest BCUT2D eigenvalue weighted by atomic mass is 35.5. The first kappa shape index (κ1) is 22.9. The van der Waals surface area contributed by atoms with E-state index in [0.29, 0.717) is 25.4 Å². The number of ether oxygens (including phenoxy) is 2. The molecule has 0 saturated carbocycles. The van der Waals surface area contributed by atoms with Crippen LogP contribution in [0.1, 0.15) is 33.6 Å². The summed E-state index contributed by atoms with van der Waals surface area (Å²) in [4.78, 5) is 14.8. The second-order valence-electron chi connectivity index (χ2n) is 8.15. The van der Waals surface area contributed by atoms with Crippen molar-refractivity contribution in [2.75, 3.05) is 20.8 Å². The van der Waals surface area contributed by atoms with Gasteiger partial charge in [-0.3, -0.25) is 9.48 Å². The van der Waals surface area contributed by atoms with Gasteiger partial charge in [0.25, 0.3) is 0 Å². The van der Waals surface area contributed by atoms with Crippen molar-refractivity contribution in [1.82, 2.24) is 14.7 Å². The second kappa shape index (κ2) is 9.71. The molecule has 0 unspecified atom stereocenters. The molecule has 33 heavy (non-hydrogen) atoms. The van der Waals surface area contributed by atoms with Gasteiger partial charge in [0.15, 0.2) is 11.5 Å². The molecule has 0 spiro atoms. The SMILES string of the molecule is COc1cc2c(cc1OC)CN(C(=O)/C=C/c1c(C)nn(Cc3ccccc3Cl)c1C)CC2. The van der Waals surface area contributed by atoms with Crippen LogP contribution in [0.2, 0.25) is 5.02 Å². The smallest absolute Gasteiger partial charge is 0.246 e. The minimum absolute atomic E-state index is 0.0203. The number of fused-ring (bicyclic) bond motifs is 1. The minimum atomic E-state index is -0.0203. The Kier molecular flexibility index (Phi) is 6.75. The molecule has 4 rings (SSSR count). The van der Waals surface area contributed by atoms with E-state index in [1.54, 1.807) is 20.3 Å². The Labute approximate surface area is 199 Å². The lowest BCUT2D eigenvalue weighted by atomic mass is 9.98. The van der Waals surface area contributed by atoms with Gasteiger partial charge in [-0.15, -0.1) is 0 Å². The third-order valence-corrected chi connectivity index (χ3v) is 6.51. The molecule has 0 fully saturated rings. The molecule has 1 aromatic heterocycles. The van der Waals surface area contributed by atoms with Crippen LogP contribution in [0, 0.1) is 13.8 Å². The van der Waals surface area contributed by atoms with E-state index < -0.39 is 0 Å². The van der Waals surface area contributed by atoms with Crippen molar-refractivity contribution in [3.05, 3.63) is 81.1 Å². The van der Waals surface area contributed by atoms with Gasteiger partial charge in [-0.2, -0.15) is 5.10 Å². The molecule has 1 amide bonds. The van der Waals surface area contributed by atoms with Crippen molar-refractivity contribution in [1.29, 1.82) is 0 Å². The molecule has 0 atom stereocenters. The van der Waals surface area contributed by atoms with E-state index in [9.17, 15) is 4.79 Å². The summed E-state index contributed by atoms with van der Waals surface area (Å²) in [5.74, 6) is 1.38. The van der Waals surface area contributed by atoms with E-state index in [2.05, 4.69) is 5.10 Å². The summed E-state index contributed by atoms with van der Waals surface area (Å²) in [6.45, 7) is 5.76. The zero-order chi connectivity index (χ0) is 23.5. The maximum atomic E-state index is 13.0. The molecule has 6 nitrogen and oxygen atoms in total. The van der Waals surface area contributed by atoms with Crippen LogP contribution in [0.3, 0.4) is 0 Å². The average molecular weight is 466 g/mol. The molecule has 2 aromatic carbocycles. The van der Waals surface area contributed by atoms with Crippen LogP contribution in [-0.2, 0) is 24.3 Å². The first-order valence-electron chi connectivity index (χ1n) is 10.9. The number of carbonyl (C=O) groups is 1. The lowest BCUT2D eigenvalue weighted by Gasteiger charge is -2.28. The molecule has 0 aliphatic carbocycles. The Bertz CT molecular complexity index is 1220. The number of benzene rings is 2. The van der Waals surface area contributed by atoms with Gasteiger partial charge in [0.05, 0.1) is 26.5 Å². The highest BCUT2D eigenvalue weighted by Crippen LogP contribution is 2.33. The van der Waals surface area contributed by atoms with Crippen LogP contribution in [0.15, 0.2) is 42.5 Å². The summed E-state index contributed by atoms with van der Waals surface area (Å²) in [7, 11) is 3.25. The molecule has 172 valence electrons. The van der Waals surface area contributed by atoms with Gasteiger partial charge in [-0.05, 0) is 61.2 Å². The largest absolute Gasteiger partial charge is 0.493 e. The van der Waals surface area contributed by atoms with E-state index in [0.717, 1.165) is 45.3 Å². The molecule has 0 radical (unpaired) electrons. The molecule has 3 aromatic rings. The summed E-state index contributed by atoms with van der Waals surface area (Å²) in [6, 6.07) is 11.7. The molecule has 1 aliphatic rings. The number of hydrogen-bond donors (Lipinski definition) is 0. The van der Waals surface area contributed by atoms with E-state index in [1.807, 2.05) is 65.9 Å². The van der Waals surface area contributed by atoms with Crippen molar-refractivity contribution in [3.63, 3.8) is 0 Å². The number of amides is 1. The maximum absolute atomic E-state index is 13.0. The van der Waals surface area contributed by atoms with Gasteiger partial charge < -0.3 is 14.4 Å². The maximum Gasteiger partial charge on any atom is 0.246 e. The summed E-state index contributed by atoms with van der Waals surface area (Å²) in [5, 5.41) is 5.38. The number of aryl methyl sites for hydroxylation is 1. The van der Waals surface area contributed by atoms with Crippen LogP contribution < -0.4 is 9.47 Å². The number of nitrogens with zero attached hydrogens (tertiary/aromatic N) is 3. The van der Waals surface area contributed by atoms with Gasteiger partial charge in [-0.1, -0.05) is 29.8 Å². The molecular weight excluding hydrogens is 438 g/mol. The molecular formula is C26H28ClN3O3. The Morgan fingerprint density at radius 1 is 1.12 bits per heavy atom. The molecule has 0 saturated heterocycles. The van der Waals surface area contributed by atoms with E-state index in [1.165, 1.54) is 5.56 Å². The fraction of sp³-hybridized carbons (Fsp3) is 0.308. The Balaban J connectivity index is 1.49. The van der Waals surface area contributed by atoms with Crippen molar-refractivity contribution >= 4 is 23.6 Å². The third kappa shape index (κ3) is 4.76. The normalized spacial score (nSPS) is 13.3. The fourth-order valence-electron chi connectivity index (χ4n) is 4.23. The number of hydrogen-bond acceptors (Lipinski definition) is 4. The lowest BCUT2D eigenvalue weighted by Crippen LogP contribution is -2.34. The first-order valence-corrected chi connectivity index (χ1v) is 11.3. The predicted molar refractivity (Wildman–Crippen MR) is 130 cm³/mol. The van der Waals surface area contributed by atoms with E-state index in [-0.39, 0.29) is 5.91 Å². The third-order valence-electron chi connectivity index (χ3n) is 6.14. The summed E-state index contributed by atoms with van der Waals surface area (Å²) < 4.78 is 12.8. The molecule has 0 N–H and O–H groups in total. The lowest BCUT2D eigenvalue weighted by molar-refractivity contribution is -0.126. The Hall–Kier alpha value is -3.25. The number of rotatable bonds is 6. The van der Waals surface area contributed by atoms with Crippen molar-refractivity contribution in [3.8, 4) is 11.5 Å². The van der Waals surface area contributed by atoms with Gasteiger partial charge in [0.2, 0.25) is 5.91 Å². The summed E-state index contributed by atoms with van der Waals surface area (Å²) >= 11 is 6.31. The number of aromatic nitrogens is 2. The Morgan fingerprint density at radius 2 is 1.82 bits per heavy atom. The molecule has 0 bridgehead atoms. The summed E-state index contributed by atoms with van der Waals surface area (Å²) in [5.41, 5.74) is 6.12. The second-order valence-corrected chi connectivity index (χ2v) is 8.56. The fourth-order valence-corrected chi connectivity index (χ4v) is 4.42. The highest BCUT2D eigenvalue weighted by molar-refractivity contribution is 6.31. The molecule has 2 heterocycles. The first-order chi connectivity index (χ1) is 15.9. The number of carbonyl (C=O) groups excluding carboxylic acids is 1. The van der Waals surface area contributed by atoms with Crippen LogP contribution in [0.25, 0.3) is 6.08 Å². The van der Waals surface area contributed by atoms with Gasteiger partial charge >= 0.3 is 0 Å². The Morgan fingerprint density at radius 3 is 2.52 bits per heavy atom.